The topological polar surface area (TPSA) is 62.7 Å². The maximum Gasteiger partial charge on any atom is 0.228 e. The zero-order chi connectivity index (χ0) is 18.9. The molecule has 2 N–H and O–H groups in total. The van der Waals surface area contributed by atoms with Gasteiger partial charge < -0.3 is 15.5 Å². The lowest BCUT2D eigenvalue weighted by Crippen LogP contribution is -2.38. The molecule has 0 spiro atoms. The lowest BCUT2D eigenvalue weighted by atomic mass is 9.85. The first-order chi connectivity index (χ1) is 12.5. The zero-order valence-corrected chi connectivity index (χ0v) is 16.5. The Hall–Kier alpha value is -2.01. The van der Waals surface area contributed by atoms with Crippen molar-refractivity contribution in [2.75, 3.05) is 6.61 Å². The minimum absolute atomic E-state index is 0.0404. The molecule has 0 aromatic heterocycles. The maximum absolute atomic E-state index is 12.1. The molecule has 1 amide bonds. The average Bonchev–Trinajstić information content (AvgIpc) is 2.52. The van der Waals surface area contributed by atoms with E-state index in [9.17, 15) is 4.79 Å². The summed E-state index contributed by atoms with van der Waals surface area (Å²) in [4.78, 5) is 12.1. The highest BCUT2D eigenvalue weighted by Crippen LogP contribution is 2.26. The second kappa shape index (κ2) is 10.2. The summed E-state index contributed by atoms with van der Waals surface area (Å²) in [5, 5.41) is 7.83. The summed E-state index contributed by atoms with van der Waals surface area (Å²) in [7, 11) is 0. The number of carbonyl (C=O) groups is 1. The summed E-state index contributed by atoms with van der Waals surface area (Å²) in [6.45, 7) is 7.19. The Labute approximate surface area is 160 Å². The summed E-state index contributed by atoms with van der Waals surface area (Å²) in [6.07, 6.45) is 6.67. The molecule has 0 unspecified atom stereocenters. The van der Waals surface area contributed by atoms with E-state index in [1.165, 1.54) is 0 Å². The van der Waals surface area contributed by atoms with Gasteiger partial charge in [0.05, 0.1) is 13.2 Å². The van der Waals surface area contributed by atoms with Crippen LogP contribution in [-0.4, -0.2) is 18.3 Å². The van der Waals surface area contributed by atoms with Gasteiger partial charge in [-0.3, -0.25) is 4.79 Å². The van der Waals surface area contributed by atoms with Crippen molar-refractivity contribution in [3.8, 4) is 5.75 Å². The number of hydrazone groups is 1. The highest BCUT2D eigenvalue weighted by Gasteiger charge is 2.25. The van der Waals surface area contributed by atoms with Gasteiger partial charge in [-0.1, -0.05) is 37.9 Å². The first-order valence-electron chi connectivity index (χ1n) is 9.15. The Balaban J connectivity index is 1.99. The highest BCUT2D eigenvalue weighted by atomic mass is 35.5. The Morgan fingerprint density at radius 3 is 2.81 bits per heavy atom. The monoisotopic (exact) mass is 377 g/mol. The van der Waals surface area contributed by atoms with Crippen LogP contribution in [0, 0.1) is 11.8 Å². The van der Waals surface area contributed by atoms with Gasteiger partial charge in [-0.2, -0.15) is 5.10 Å². The minimum Gasteiger partial charge on any atom is -0.493 e. The molecule has 1 saturated carbocycles. The second-order valence-electron chi connectivity index (χ2n) is 6.91. The van der Waals surface area contributed by atoms with Crippen molar-refractivity contribution >= 4 is 23.3 Å². The number of carbonyl (C=O) groups excluding carboxylic acids is 1. The summed E-state index contributed by atoms with van der Waals surface area (Å²) >= 11 is 6.11. The molecule has 2 rings (SSSR count). The quantitative estimate of drug-likeness (QED) is 0.404. The zero-order valence-electron chi connectivity index (χ0n) is 15.7. The number of amides is 1. The number of hydrogen-bond donors (Lipinski definition) is 2. The van der Waals surface area contributed by atoms with Crippen LogP contribution in [-0.2, 0) is 11.3 Å². The molecule has 0 heterocycles. The van der Waals surface area contributed by atoms with Gasteiger partial charge in [-0.25, -0.2) is 0 Å². The number of hydrogen-bond acceptors (Lipinski definition) is 4. The smallest absolute Gasteiger partial charge is 0.228 e. The van der Waals surface area contributed by atoms with Crippen molar-refractivity contribution in [2.24, 2.45) is 16.9 Å². The largest absolute Gasteiger partial charge is 0.493 e. The molecule has 5 nitrogen and oxygen atoms in total. The maximum atomic E-state index is 12.1. The predicted molar refractivity (Wildman–Crippen MR) is 106 cm³/mol. The van der Waals surface area contributed by atoms with Crippen LogP contribution in [0.15, 0.2) is 35.5 Å². The number of nitrogens with zero attached hydrogens (tertiary/aromatic N) is 1. The number of rotatable bonds is 8. The summed E-state index contributed by atoms with van der Waals surface area (Å²) in [6, 6.07) is 5.55. The van der Waals surface area contributed by atoms with E-state index in [1.807, 2.05) is 31.2 Å². The normalized spacial score (nSPS) is 15.2. The Kier molecular flexibility index (Phi) is 7.98. The average molecular weight is 378 g/mol. The van der Waals surface area contributed by atoms with E-state index in [4.69, 9.17) is 16.3 Å². The molecule has 1 fully saturated rings. The van der Waals surface area contributed by atoms with Crippen molar-refractivity contribution in [3.63, 3.8) is 0 Å². The Morgan fingerprint density at radius 2 is 2.19 bits per heavy atom. The summed E-state index contributed by atoms with van der Waals surface area (Å²) in [5.74, 6) is 1.90. The number of ether oxygens (including phenoxy) is 1. The van der Waals surface area contributed by atoms with E-state index in [0.717, 1.165) is 30.6 Å². The van der Waals surface area contributed by atoms with Crippen LogP contribution in [0.1, 0.15) is 45.6 Å². The number of nitrogens with one attached hydrogen (secondary N) is 2. The van der Waals surface area contributed by atoms with Crippen LogP contribution in [0.3, 0.4) is 0 Å². The van der Waals surface area contributed by atoms with Crippen LogP contribution in [0.2, 0.25) is 5.02 Å². The standard InChI is InChI=1S/C20H28ClN3O2/c1-4-6-19(23-20(25)15-7-5-8-15)24-22-12-16-11-17(21)9-10-18(16)26-13-14(2)3/h4,6,9-11,14-15,22H,5,7-8,12-13H2,1-3H3,(H,23,24,25)/b6-4+. The Bertz CT molecular complexity index is 667. The second-order valence-corrected chi connectivity index (χ2v) is 7.34. The number of benzene rings is 1. The van der Waals surface area contributed by atoms with E-state index >= 15 is 0 Å². The molecule has 0 saturated heterocycles. The van der Waals surface area contributed by atoms with Gasteiger partial charge in [-0.15, -0.1) is 0 Å². The molecule has 1 aliphatic carbocycles. The first-order valence-corrected chi connectivity index (χ1v) is 9.52. The molecule has 0 radical (unpaired) electrons. The van der Waals surface area contributed by atoms with Gasteiger partial charge >= 0.3 is 0 Å². The summed E-state index contributed by atoms with van der Waals surface area (Å²) in [5.41, 5.74) is 3.93. The van der Waals surface area contributed by atoms with Crippen molar-refractivity contribution < 1.29 is 9.53 Å². The van der Waals surface area contributed by atoms with Crippen LogP contribution in [0.5, 0.6) is 5.75 Å². The molecule has 1 aromatic rings. The highest BCUT2D eigenvalue weighted by molar-refractivity contribution is 6.30. The van der Waals surface area contributed by atoms with Gasteiger partial charge in [0.2, 0.25) is 5.91 Å². The third kappa shape index (κ3) is 6.37. The number of halogens is 1. The fourth-order valence-electron chi connectivity index (χ4n) is 2.46. The van der Waals surface area contributed by atoms with Crippen molar-refractivity contribution in [1.82, 2.24) is 10.7 Å². The molecular weight excluding hydrogens is 350 g/mol. The minimum atomic E-state index is 0.0404. The van der Waals surface area contributed by atoms with Crippen LogP contribution in [0.25, 0.3) is 0 Å². The Morgan fingerprint density at radius 1 is 1.42 bits per heavy atom. The van der Waals surface area contributed by atoms with Crippen molar-refractivity contribution in [3.05, 3.63) is 40.9 Å². The van der Waals surface area contributed by atoms with E-state index in [2.05, 4.69) is 29.7 Å². The third-order valence-corrected chi connectivity index (χ3v) is 4.35. The lowest BCUT2D eigenvalue weighted by Gasteiger charge is -2.23. The van der Waals surface area contributed by atoms with E-state index in [0.29, 0.717) is 29.9 Å². The molecule has 0 aliphatic heterocycles. The molecule has 6 heteroatoms. The summed E-state index contributed by atoms with van der Waals surface area (Å²) < 4.78 is 5.85. The van der Waals surface area contributed by atoms with E-state index in [-0.39, 0.29) is 11.8 Å². The molecule has 142 valence electrons. The van der Waals surface area contributed by atoms with Gasteiger partial charge in [0.1, 0.15) is 5.75 Å². The van der Waals surface area contributed by atoms with Crippen molar-refractivity contribution in [1.29, 1.82) is 0 Å². The van der Waals surface area contributed by atoms with Crippen molar-refractivity contribution in [2.45, 2.75) is 46.6 Å². The number of allylic oxidation sites excluding steroid dienone is 1. The molecule has 26 heavy (non-hydrogen) atoms. The predicted octanol–water partition coefficient (Wildman–Crippen LogP) is 4.27. The molecule has 0 bridgehead atoms. The van der Waals surface area contributed by atoms with Crippen LogP contribution in [0.4, 0.5) is 0 Å². The molecular formula is C20H28ClN3O2. The third-order valence-electron chi connectivity index (χ3n) is 4.12. The SMILES string of the molecule is C/C=C/C(=N\NCc1cc(Cl)ccc1OCC(C)C)NC(=O)C1CCC1. The van der Waals surface area contributed by atoms with E-state index in [1.54, 1.807) is 6.08 Å². The van der Waals surface area contributed by atoms with Crippen LogP contribution >= 0.6 is 11.6 Å². The fourth-order valence-corrected chi connectivity index (χ4v) is 2.65. The number of amidine groups is 1. The van der Waals surface area contributed by atoms with Gasteiger partial charge in [0.15, 0.2) is 5.84 Å². The van der Waals surface area contributed by atoms with Gasteiger partial charge in [0, 0.05) is 16.5 Å². The molecule has 0 atom stereocenters. The fraction of sp³-hybridized carbons (Fsp3) is 0.500. The van der Waals surface area contributed by atoms with E-state index < -0.39 is 0 Å². The van der Waals surface area contributed by atoms with Gasteiger partial charge in [-0.05, 0) is 50.0 Å². The lowest BCUT2D eigenvalue weighted by molar-refractivity contribution is -0.125. The molecule has 1 aromatic carbocycles. The van der Waals surface area contributed by atoms with Crippen LogP contribution < -0.4 is 15.5 Å². The first kappa shape index (κ1) is 20.3. The molecule has 1 aliphatic rings. The van der Waals surface area contributed by atoms with Gasteiger partial charge in [0.25, 0.3) is 0 Å².